The van der Waals surface area contributed by atoms with Gasteiger partial charge in [-0.05, 0) is 18.1 Å². The summed E-state index contributed by atoms with van der Waals surface area (Å²) in [6, 6.07) is 8.22. The largest absolute Gasteiger partial charge is 0.314 e. The Labute approximate surface area is 101 Å². The van der Waals surface area contributed by atoms with E-state index in [9.17, 15) is 4.79 Å². The number of hydrogen-bond donors (Lipinski definition) is 1. The lowest BCUT2D eigenvalue weighted by molar-refractivity contribution is -0.122. The lowest BCUT2D eigenvalue weighted by Gasteiger charge is -2.40. The first-order chi connectivity index (χ1) is 8.36. The number of carbonyl (C=O) groups is 1. The van der Waals surface area contributed by atoms with Crippen molar-refractivity contribution < 1.29 is 4.79 Å². The van der Waals surface area contributed by atoms with Gasteiger partial charge >= 0.3 is 0 Å². The molecule has 2 aliphatic heterocycles. The molecule has 90 valence electrons. The highest BCUT2D eigenvalue weighted by Gasteiger charge is 2.29. The Bertz CT molecular complexity index is 426. The Morgan fingerprint density at radius 1 is 1.06 bits per heavy atom. The lowest BCUT2D eigenvalue weighted by atomic mass is 10.0. The van der Waals surface area contributed by atoms with Gasteiger partial charge in [0.1, 0.15) is 0 Å². The topological polar surface area (TPSA) is 35.6 Å². The first-order valence-corrected chi connectivity index (χ1v) is 6.23. The fourth-order valence-electron chi connectivity index (χ4n) is 2.57. The third kappa shape index (κ3) is 1.94. The van der Waals surface area contributed by atoms with Gasteiger partial charge in [-0.2, -0.15) is 0 Å². The molecule has 0 spiro atoms. The smallest absolute Gasteiger partial charge is 0.241 e. The maximum absolute atomic E-state index is 12.1. The van der Waals surface area contributed by atoms with Gasteiger partial charge in [0.25, 0.3) is 0 Å². The fraction of sp³-hybridized carbons (Fsp3) is 0.462. The Kier molecular flexibility index (Phi) is 2.82. The molecule has 1 aromatic rings. The molecule has 0 saturated carbocycles. The number of nitrogens with zero attached hydrogens (tertiary/aromatic N) is 2. The van der Waals surface area contributed by atoms with Crippen LogP contribution < -0.4 is 10.3 Å². The zero-order chi connectivity index (χ0) is 11.7. The van der Waals surface area contributed by atoms with Crippen molar-refractivity contribution in [2.24, 2.45) is 0 Å². The van der Waals surface area contributed by atoms with Gasteiger partial charge in [-0.15, -0.1) is 0 Å². The molecular formula is C13H17N3O. The van der Waals surface area contributed by atoms with Crippen molar-refractivity contribution >= 4 is 11.6 Å². The van der Waals surface area contributed by atoms with Gasteiger partial charge in [0, 0.05) is 32.6 Å². The second-order valence-electron chi connectivity index (χ2n) is 4.54. The van der Waals surface area contributed by atoms with E-state index in [0.717, 1.165) is 38.3 Å². The van der Waals surface area contributed by atoms with Crippen LogP contribution in [-0.2, 0) is 11.2 Å². The molecule has 0 aliphatic carbocycles. The Morgan fingerprint density at radius 2 is 1.82 bits per heavy atom. The van der Waals surface area contributed by atoms with Gasteiger partial charge in [-0.1, -0.05) is 18.2 Å². The highest BCUT2D eigenvalue weighted by Crippen LogP contribution is 2.28. The summed E-state index contributed by atoms with van der Waals surface area (Å²) in [6.07, 6.45) is 1.50. The molecule has 2 heterocycles. The molecule has 4 nitrogen and oxygen atoms in total. The van der Waals surface area contributed by atoms with Gasteiger partial charge < -0.3 is 5.32 Å². The van der Waals surface area contributed by atoms with Crippen molar-refractivity contribution in [2.45, 2.75) is 12.8 Å². The number of rotatable bonds is 1. The van der Waals surface area contributed by atoms with Crippen LogP contribution in [0.4, 0.5) is 5.69 Å². The summed E-state index contributed by atoms with van der Waals surface area (Å²) in [6.45, 7) is 3.71. The van der Waals surface area contributed by atoms with Crippen molar-refractivity contribution in [2.75, 3.05) is 31.2 Å². The van der Waals surface area contributed by atoms with E-state index in [4.69, 9.17) is 0 Å². The fourth-order valence-corrected chi connectivity index (χ4v) is 2.57. The molecule has 0 atom stereocenters. The lowest BCUT2D eigenvalue weighted by Crippen LogP contribution is -2.56. The average Bonchev–Trinajstić information content (AvgIpc) is 2.39. The number of benzene rings is 1. The highest BCUT2D eigenvalue weighted by atomic mass is 16.2. The van der Waals surface area contributed by atoms with Gasteiger partial charge in [0.2, 0.25) is 5.91 Å². The van der Waals surface area contributed by atoms with Gasteiger partial charge in [0.15, 0.2) is 0 Å². The summed E-state index contributed by atoms with van der Waals surface area (Å²) >= 11 is 0. The van der Waals surface area contributed by atoms with Crippen LogP contribution in [0, 0.1) is 0 Å². The van der Waals surface area contributed by atoms with E-state index in [1.54, 1.807) is 0 Å². The standard InChI is InChI=1S/C13H17N3O/c17-13-6-5-11-3-1-2-4-12(11)16(13)15-9-7-14-8-10-15/h1-4,14H,5-10H2. The van der Waals surface area contributed by atoms with Crippen molar-refractivity contribution in [3.05, 3.63) is 29.8 Å². The summed E-state index contributed by atoms with van der Waals surface area (Å²) in [5, 5.41) is 7.37. The van der Waals surface area contributed by atoms with E-state index in [1.807, 2.05) is 17.1 Å². The van der Waals surface area contributed by atoms with Crippen molar-refractivity contribution in [1.29, 1.82) is 0 Å². The Hall–Kier alpha value is -1.39. The van der Waals surface area contributed by atoms with Crippen LogP contribution in [0.2, 0.25) is 0 Å². The minimum Gasteiger partial charge on any atom is -0.314 e. The molecule has 1 fully saturated rings. The molecule has 0 bridgehead atoms. The molecule has 0 radical (unpaired) electrons. The van der Waals surface area contributed by atoms with Gasteiger partial charge in [-0.25, -0.2) is 10.0 Å². The van der Waals surface area contributed by atoms with E-state index in [0.29, 0.717) is 6.42 Å². The van der Waals surface area contributed by atoms with Crippen LogP contribution >= 0.6 is 0 Å². The summed E-state index contributed by atoms with van der Waals surface area (Å²) in [5.41, 5.74) is 2.36. The van der Waals surface area contributed by atoms with Crippen molar-refractivity contribution in [1.82, 2.24) is 10.3 Å². The first-order valence-electron chi connectivity index (χ1n) is 6.23. The third-order valence-electron chi connectivity index (χ3n) is 3.44. The molecule has 2 aliphatic rings. The normalized spacial score (nSPS) is 21.4. The number of carbonyl (C=O) groups excluding carboxylic acids is 1. The number of anilines is 1. The van der Waals surface area contributed by atoms with E-state index >= 15 is 0 Å². The second-order valence-corrected chi connectivity index (χ2v) is 4.54. The number of hydrogen-bond acceptors (Lipinski definition) is 3. The minimum absolute atomic E-state index is 0.227. The number of fused-ring (bicyclic) bond motifs is 1. The van der Waals surface area contributed by atoms with Crippen molar-refractivity contribution in [3.63, 3.8) is 0 Å². The van der Waals surface area contributed by atoms with Crippen LogP contribution in [0.3, 0.4) is 0 Å². The molecule has 1 N–H and O–H groups in total. The first kappa shape index (κ1) is 10.7. The molecule has 3 rings (SSSR count). The molecular weight excluding hydrogens is 214 g/mol. The molecule has 1 aromatic carbocycles. The maximum atomic E-state index is 12.1. The summed E-state index contributed by atoms with van der Waals surface area (Å²) < 4.78 is 0. The van der Waals surface area contributed by atoms with Crippen LogP contribution in [0.5, 0.6) is 0 Å². The molecule has 1 saturated heterocycles. The number of aryl methyl sites for hydroxylation is 1. The SMILES string of the molecule is O=C1CCc2ccccc2N1N1CCNCC1. The average molecular weight is 231 g/mol. The van der Waals surface area contributed by atoms with Crippen molar-refractivity contribution in [3.8, 4) is 0 Å². The molecule has 0 aromatic heterocycles. The zero-order valence-corrected chi connectivity index (χ0v) is 9.85. The monoisotopic (exact) mass is 231 g/mol. The van der Waals surface area contributed by atoms with Gasteiger partial charge in [-0.3, -0.25) is 4.79 Å². The quantitative estimate of drug-likeness (QED) is 0.776. The second kappa shape index (κ2) is 4.47. The van der Waals surface area contributed by atoms with E-state index in [1.165, 1.54) is 5.56 Å². The van der Waals surface area contributed by atoms with Crippen LogP contribution in [0.25, 0.3) is 0 Å². The number of piperazine rings is 1. The van der Waals surface area contributed by atoms with E-state index in [-0.39, 0.29) is 5.91 Å². The molecule has 17 heavy (non-hydrogen) atoms. The van der Waals surface area contributed by atoms with E-state index < -0.39 is 0 Å². The van der Waals surface area contributed by atoms with Gasteiger partial charge in [0.05, 0.1) is 5.69 Å². The number of amides is 1. The van der Waals surface area contributed by atoms with Crippen LogP contribution in [0.1, 0.15) is 12.0 Å². The maximum Gasteiger partial charge on any atom is 0.241 e. The Balaban J connectivity index is 1.94. The summed E-state index contributed by atoms with van der Waals surface area (Å²) in [5.74, 6) is 0.227. The zero-order valence-electron chi connectivity index (χ0n) is 9.85. The number of para-hydroxylation sites is 1. The predicted octanol–water partition coefficient (Wildman–Crippen LogP) is 0.786. The molecule has 4 heteroatoms. The number of nitrogens with one attached hydrogen (secondary N) is 1. The summed E-state index contributed by atoms with van der Waals surface area (Å²) in [4.78, 5) is 12.1. The summed E-state index contributed by atoms with van der Waals surface area (Å²) in [7, 11) is 0. The third-order valence-corrected chi connectivity index (χ3v) is 3.44. The Morgan fingerprint density at radius 3 is 2.65 bits per heavy atom. The van der Waals surface area contributed by atoms with Crippen LogP contribution in [-0.4, -0.2) is 37.1 Å². The van der Waals surface area contributed by atoms with Crippen LogP contribution in [0.15, 0.2) is 24.3 Å². The number of hydrazine groups is 1. The molecule has 0 unspecified atom stereocenters. The molecule has 1 amide bonds. The van der Waals surface area contributed by atoms with E-state index in [2.05, 4.69) is 22.5 Å². The minimum atomic E-state index is 0.227. The predicted molar refractivity (Wildman–Crippen MR) is 66.7 cm³/mol. The highest BCUT2D eigenvalue weighted by molar-refractivity contribution is 5.95.